The van der Waals surface area contributed by atoms with E-state index in [9.17, 15) is 4.79 Å². The summed E-state index contributed by atoms with van der Waals surface area (Å²) in [5.41, 5.74) is 2.22. The van der Waals surface area contributed by atoms with Crippen LogP contribution in [0.15, 0.2) is 18.5 Å². The van der Waals surface area contributed by atoms with Crippen LogP contribution in [0.25, 0.3) is 0 Å². The lowest BCUT2D eigenvalue weighted by Gasteiger charge is -2.22. The Morgan fingerprint density at radius 3 is 2.89 bits per heavy atom. The van der Waals surface area contributed by atoms with Gasteiger partial charge in [-0.15, -0.1) is 0 Å². The number of carbonyl (C=O) groups is 1. The Labute approximate surface area is 108 Å². The van der Waals surface area contributed by atoms with Crippen molar-refractivity contribution < 1.29 is 4.79 Å². The van der Waals surface area contributed by atoms with Crippen LogP contribution in [0.1, 0.15) is 43.2 Å². The highest BCUT2D eigenvalue weighted by Gasteiger charge is 2.15. The first-order chi connectivity index (χ1) is 8.75. The van der Waals surface area contributed by atoms with E-state index in [2.05, 4.69) is 15.6 Å². The fourth-order valence-electron chi connectivity index (χ4n) is 2.34. The van der Waals surface area contributed by atoms with Crippen molar-refractivity contribution in [1.82, 2.24) is 15.6 Å². The van der Waals surface area contributed by atoms with Crippen molar-refractivity contribution in [3.8, 4) is 0 Å². The zero-order valence-electron chi connectivity index (χ0n) is 10.9. The number of urea groups is 1. The monoisotopic (exact) mass is 247 g/mol. The van der Waals surface area contributed by atoms with Crippen LogP contribution in [0.5, 0.6) is 0 Å². The normalized spacial score (nSPS) is 16.3. The summed E-state index contributed by atoms with van der Waals surface area (Å²) in [5, 5.41) is 5.94. The van der Waals surface area contributed by atoms with Crippen LogP contribution in [0.2, 0.25) is 0 Å². The van der Waals surface area contributed by atoms with Gasteiger partial charge in [-0.05, 0) is 37.0 Å². The van der Waals surface area contributed by atoms with Crippen LogP contribution < -0.4 is 10.6 Å². The molecule has 0 atom stereocenters. The molecule has 0 bridgehead atoms. The Kier molecular flexibility index (Phi) is 4.56. The lowest BCUT2D eigenvalue weighted by atomic mass is 9.96. The van der Waals surface area contributed by atoms with Gasteiger partial charge in [-0.2, -0.15) is 0 Å². The summed E-state index contributed by atoms with van der Waals surface area (Å²) >= 11 is 0. The van der Waals surface area contributed by atoms with E-state index < -0.39 is 0 Å². The standard InChI is InChI=1S/C14H21N3O/c1-11-7-8-15-9-12(11)10-16-14(18)17-13-5-3-2-4-6-13/h7-9,13H,2-6,10H2,1H3,(H2,16,17,18). The summed E-state index contributed by atoms with van der Waals surface area (Å²) in [6.07, 6.45) is 9.55. The maximum Gasteiger partial charge on any atom is 0.315 e. The molecule has 1 aliphatic rings. The number of nitrogens with one attached hydrogen (secondary N) is 2. The molecule has 2 rings (SSSR count). The highest BCUT2D eigenvalue weighted by molar-refractivity contribution is 5.74. The van der Waals surface area contributed by atoms with Gasteiger partial charge in [0.2, 0.25) is 0 Å². The van der Waals surface area contributed by atoms with Gasteiger partial charge >= 0.3 is 6.03 Å². The number of aromatic nitrogens is 1. The summed E-state index contributed by atoms with van der Waals surface area (Å²) in [4.78, 5) is 15.8. The van der Waals surface area contributed by atoms with Crippen molar-refractivity contribution in [2.75, 3.05) is 0 Å². The second-order valence-electron chi connectivity index (χ2n) is 4.96. The van der Waals surface area contributed by atoms with Crippen molar-refractivity contribution in [2.24, 2.45) is 0 Å². The fourth-order valence-corrected chi connectivity index (χ4v) is 2.34. The Hall–Kier alpha value is -1.58. The van der Waals surface area contributed by atoms with Gasteiger partial charge in [-0.3, -0.25) is 4.98 Å². The van der Waals surface area contributed by atoms with E-state index in [4.69, 9.17) is 0 Å². The number of hydrogen-bond donors (Lipinski definition) is 2. The maximum absolute atomic E-state index is 11.8. The van der Waals surface area contributed by atoms with Crippen LogP contribution in [0, 0.1) is 6.92 Å². The number of amides is 2. The largest absolute Gasteiger partial charge is 0.335 e. The number of aryl methyl sites for hydroxylation is 1. The zero-order valence-corrected chi connectivity index (χ0v) is 10.9. The van der Waals surface area contributed by atoms with Gasteiger partial charge in [0.05, 0.1) is 0 Å². The number of hydrogen-bond acceptors (Lipinski definition) is 2. The SMILES string of the molecule is Cc1ccncc1CNC(=O)NC1CCCCC1. The third-order valence-corrected chi connectivity index (χ3v) is 3.53. The first-order valence-corrected chi connectivity index (χ1v) is 6.69. The minimum Gasteiger partial charge on any atom is -0.335 e. The van der Waals surface area contributed by atoms with E-state index in [1.807, 2.05) is 13.0 Å². The summed E-state index contributed by atoms with van der Waals surface area (Å²) in [5.74, 6) is 0. The van der Waals surface area contributed by atoms with E-state index in [0.717, 1.165) is 24.0 Å². The van der Waals surface area contributed by atoms with E-state index in [1.54, 1.807) is 12.4 Å². The smallest absolute Gasteiger partial charge is 0.315 e. The summed E-state index contributed by atoms with van der Waals surface area (Å²) in [6, 6.07) is 2.25. The molecule has 0 saturated heterocycles. The van der Waals surface area contributed by atoms with Gasteiger partial charge in [0, 0.05) is 25.0 Å². The molecule has 4 heteroatoms. The highest BCUT2D eigenvalue weighted by atomic mass is 16.2. The van der Waals surface area contributed by atoms with Gasteiger partial charge in [0.15, 0.2) is 0 Å². The van der Waals surface area contributed by atoms with Crippen molar-refractivity contribution in [3.05, 3.63) is 29.6 Å². The maximum atomic E-state index is 11.8. The van der Waals surface area contributed by atoms with Crippen LogP contribution in [-0.4, -0.2) is 17.1 Å². The van der Waals surface area contributed by atoms with Crippen molar-refractivity contribution in [1.29, 1.82) is 0 Å². The molecule has 0 unspecified atom stereocenters. The van der Waals surface area contributed by atoms with Crippen LogP contribution in [0.3, 0.4) is 0 Å². The molecule has 0 aromatic carbocycles. The van der Waals surface area contributed by atoms with Crippen LogP contribution in [0.4, 0.5) is 4.79 Å². The number of rotatable bonds is 3. The van der Waals surface area contributed by atoms with Gasteiger partial charge in [-0.1, -0.05) is 19.3 Å². The topological polar surface area (TPSA) is 54.0 Å². The van der Waals surface area contributed by atoms with Crippen molar-refractivity contribution in [3.63, 3.8) is 0 Å². The predicted octanol–water partition coefficient (Wildman–Crippen LogP) is 2.52. The molecule has 1 heterocycles. The lowest BCUT2D eigenvalue weighted by Crippen LogP contribution is -2.42. The van der Waals surface area contributed by atoms with Gasteiger partial charge in [-0.25, -0.2) is 4.79 Å². The summed E-state index contributed by atoms with van der Waals surface area (Å²) in [7, 11) is 0. The summed E-state index contributed by atoms with van der Waals surface area (Å²) in [6.45, 7) is 2.57. The molecule has 1 saturated carbocycles. The Bertz CT molecular complexity index is 400. The second kappa shape index (κ2) is 6.38. The first-order valence-electron chi connectivity index (χ1n) is 6.69. The first kappa shape index (κ1) is 12.9. The molecule has 1 aromatic rings. The molecule has 1 aliphatic carbocycles. The molecule has 0 spiro atoms. The minimum atomic E-state index is -0.0647. The molecule has 2 amide bonds. The molecule has 98 valence electrons. The molecular weight excluding hydrogens is 226 g/mol. The zero-order chi connectivity index (χ0) is 12.8. The minimum absolute atomic E-state index is 0.0647. The molecule has 1 aromatic heterocycles. The van der Waals surface area contributed by atoms with Gasteiger partial charge in [0.25, 0.3) is 0 Å². The second-order valence-corrected chi connectivity index (χ2v) is 4.96. The fraction of sp³-hybridized carbons (Fsp3) is 0.571. The Morgan fingerprint density at radius 1 is 1.39 bits per heavy atom. The van der Waals surface area contributed by atoms with E-state index in [0.29, 0.717) is 12.6 Å². The highest BCUT2D eigenvalue weighted by Crippen LogP contribution is 2.17. The Morgan fingerprint density at radius 2 is 2.17 bits per heavy atom. The van der Waals surface area contributed by atoms with E-state index in [-0.39, 0.29) is 6.03 Å². The summed E-state index contributed by atoms with van der Waals surface area (Å²) < 4.78 is 0. The van der Waals surface area contributed by atoms with Crippen molar-refractivity contribution >= 4 is 6.03 Å². The third-order valence-electron chi connectivity index (χ3n) is 3.53. The molecule has 18 heavy (non-hydrogen) atoms. The third kappa shape index (κ3) is 3.72. The van der Waals surface area contributed by atoms with E-state index in [1.165, 1.54) is 19.3 Å². The lowest BCUT2D eigenvalue weighted by molar-refractivity contribution is 0.232. The van der Waals surface area contributed by atoms with Crippen LogP contribution in [-0.2, 0) is 6.54 Å². The van der Waals surface area contributed by atoms with Gasteiger partial charge in [0.1, 0.15) is 0 Å². The Balaban J connectivity index is 1.76. The van der Waals surface area contributed by atoms with Crippen molar-refractivity contribution in [2.45, 2.75) is 51.6 Å². The molecule has 2 N–H and O–H groups in total. The molecule has 0 aliphatic heterocycles. The number of carbonyl (C=O) groups excluding carboxylic acids is 1. The number of nitrogens with zero attached hydrogens (tertiary/aromatic N) is 1. The predicted molar refractivity (Wildman–Crippen MR) is 71.2 cm³/mol. The average molecular weight is 247 g/mol. The molecule has 0 radical (unpaired) electrons. The molecular formula is C14H21N3O. The molecule has 4 nitrogen and oxygen atoms in total. The van der Waals surface area contributed by atoms with Gasteiger partial charge < -0.3 is 10.6 Å². The number of pyridine rings is 1. The average Bonchev–Trinajstić information content (AvgIpc) is 2.39. The quantitative estimate of drug-likeness (QED) is 0.862. The van der Waals surface area contributed by atoms with E-state index >= 15 is 0 Å². The van der Waals surface area contributed by atoms with Crippen LogP contribution >= 0.6 is 0 Å². The molecule has 1 fully saturated rings.